The maximum absolute atomic E-state index is 12.0. The molecule has 0 aliphatic heterocycles. The zero-order valence-corrected chi connectivity index (χ0v) is 13.3. The predicted octanol–water partition coefficient (Wildman–Crippen LogP) is 1.83. The van der Waals surface area contributed by atoms with Crippen molar-refractivity contribution in [1.29, 1.82) is 0 Å². The van der Waals surface area contributed by atoms with Crippen LogP contribution in [0.3, 0.4) is 0 Å². The lowest BCUT2D eigenvalue weighted by Gasteiger charge is -2.16. The van der Waals surface area contributed by atoms with Gasteiger partial charge >= 0.3 is 0 Å². The summed E-state index contributed by atoms with van der Waals surface area (Å²) in [4.78, 5) is 1.87. The summed E-state index contributed by atoms with van der Waals surface area (Å²) in [5.74, 6) is 0.720. The van der Waals surface area contributed by atoms with Crippen LogP contribution in [0.15, 0.2) is 4.90 Å². The molecule has 6 nitrogen and oxygen atoms in total. The Morgan fingerprint density at radius 3 is 2.15 bits per heavy atom. The van der Waals surface area contributed by atoms with Crippen LogP contribution < -0.4 is 10.6 Å². The van der Waals surface area contributed by atoms with E-state index < -0.39 is 9.84 Å². The van der Waals surface area contributed by atoms with Crippen molar-refractivity contribution in [2.45, 2.75) is 49.5 Å². The summed E-state index contributed by atoms with van der Waals surface area (Å²) in [5, 5.41) is 4.48. The number of nitrogens with two attached hydrogens (primary N) is 1. The quantitative estimate of drug-likeness (QED) is 0.861. The van der Waals surface area contributed by atoms with Gasteiger partial charge in [-0.3, -0.25) is 0 Å². The molecule has 2 rings (SSSR count). The largest absolute Gasteiger partial charge is 0.383 e. The van der Waals surface area contributed by atoms with Crippen molar-refractivity contribution in [3.63, 3.8) is 0 Å². The van der Waals surface area contributed by atoms with Gasteiger partial charge in [-0.25, -0.2) is 13.1 Å². The van der Waals surface area contributed by atoms with Gasteiger partial charge in [-0.15, -0.1) is 0 Å². The zero-order valence-electron chi connectivity index (χ0n) is 12.5. The second kappa shape index (κ2) is 5.63. The number of rotatable bonds is 3. The van der Waals surface area contributed by atoms with Gasteiger partial charge in [0.15, 0.2) is 20.6 Å². The summed E-state index contributed by atoms with van der Waals surface area (Å²) in [5.41, 5.74) is 6.10. The number of nitrogen functional groups attached to an aromatic ring is 1. The molecule has 1 aliphatic rings. The predicted molar refractivity (Wildman–Crippen MR) is 80.8 cm³/mol. The molecule has 0 bridgehead atoms. The SMILES string of the molecule is CN(C)c1nn(C2CCCCCC2)c(N)c1S(C)(=O)=O. The molecule has 0 atom stereocenters. The van der Waals surface area contributed by atoms with Crippen molar-refractivity contribution in [3.05, 3.63) is 0 Å². The molecule has 2 N–H and O–H groups in total. The minimum absolute atomic E-state index is 0.159. The van der Waals surface area contributed by atoms with Crippen LogP contribution in [-0.4, -0.2) is 38.5 Å². The Bertz CT molecular complexity index is 569. The molecule has 0 radical (unpaired) electrons. The third-order valence-corrected chi connectivity index (χ3v) is 4.98. The van der Waals surface area contributed by atoms with Gasteiger partial charge in [0.1, 0.15) is 5.82 Å². The van der Waals surface area contributed by atoms with E-state index in [1.165, 1.54) is 19.1 Å². The molecule has 0 amide bonds. The molecule has 1 saturated carbocycles. The molecule has 114 valence electrons. The van der Waals surface area contributed by atoms with Crippen molar-refractivity contribution in [1.82, 2.24) is 9.78 Å². The van der Waals surface area contributed by atoms with Gasteiger partial charge in [-0.2, -0.15) is 5.10 Å². The fourth-order valence-electron chi connectivity index (χ4n) is 2.85. The fourth-order valence-corrected chi connectivity index (χ4v) is 3.88. The Kier molecular flexibility index (Phi) is 4.27. The Morgan fingerprint density at radius 2 is 1.75 bits per heavy atom. The molecule has 0 saturated heterocycles. The van der Waals surface area contributed by atoms with Crippen LogP contribution in [0.2, 0.25) is 0 Å². The van der Waals surface area contributed by atoms with E-state index in [-0.39, 0.29) is 16.8 Å². The number of sulfone groups is 1. The van der Waals surface area contributed by atoms with E-state index in [0.29, 0.717) is 5.82 Å². The molecule has 1 aromatic heterocycles. The highest BCUT2D eigenvalue weighted by Crippen LogP contribution is 2.35. The minimum Gasteiger partial charge on any atom is -0.383 e. The lowest BCUT2D eigenvalue weighted by molar-refractivity contribution is 0.411. The lowest BCUT2D eigenvalue weighted by Crippen LogP contribution is -2.14. The van der Waals surface area contributed by atoms with Gasteiger partial charge in [0.2, 0.25) is 0 Å². The normalized spacial score (nSPS) is 17.9. The van der Waals surface area contributed by atoms with Crippen molar-refractivity contribution in [2.24, 2.45) is 0 Å². The van der Waals surface area contributed by atoms with Gasteiger partial charge in [0, 0.05) is 20.4 Å². The average molecular weight is 300 g/mol. The number of anilines is 2. The monoisotopic (exact) mass is 300 g/mol. The Morgan fingerprint density at radius 1 is 1.20 bits per heavy atom. The zero-order chi connectivity index (χ0) is 14.9. The Hall–Kier alpha value is -1.24. The van der Waals surface area contributed by atoms with E-state index >= 15 is 0 Å². The topological polar surface area (TPSA) is 81.2 Å². The molecule has 1 aromatic rings. The Labute approximate surface area is 120 Å². The van der Waals surface area contributed by atoms with Crippen LogP contribution in [0.25, 0.3) is 0 Å². The van der Waals surface area contributed by atoms with Crippen LogP contribution >= 0.6 is 0 Å². The first kappa shape index (κ1) is 15.2. The summed E-state index contributed by atoms with van der Waals surface area (Å²) in [6.45, 7) is 0. The summed E-state index contributed by atoms with van der Waals surface area (Å²) < 4.78 is 25.7. The second-order valence-corrected chi connectivity index (χ2v) is 7.75. The van der Waals surface area contributed by atoms with Gasteiger partial charge in [-0.05, 0) is 12.8 Å². The average Bonchev–Trinajstić information content (AvgIpc) is 2.54. The second-order valence-electron chi connectivity index (χ2n) is 5.79. The highest BCUT2D eigenvalue weighted by molar-refractivity contribution is 7.91. The molecule has 7 heteroatoms. The van der Waals surface area contributed by atoms with Gasteiger partial charge in [0.25, 0.3) is 0 Å². The number of hydrogen-bond donors (Lipinski definition) is 1. The van der Waals surface area contributed by atoms with Crippen LogP contribution in [0.5, 0.6) is 0 Å². The highest BCUT2D eigenvalue weighted by atomic mass is 32.2. The van der Waals surface area contributed by atoms with E-state index in [9.17, 15) is 8.42 Å². The minimum atomic E-state index is -3.39. The van der Waals surface area contributed by atoms with E-state index in [1.54, 1.807) is 23.7 Å². The standard InChI is InChI=1S/C13H24N4O2S/c1-16(2)13-11(20(3,18)19)12(14)17(15-13)10-8-6-4-5-7-9-10/h10H,4-9,14H2,1-3H3. The molecule has 0 unspecified atom stereocenters. The lowest BCUT2D eigenvalue weighted by atomic mass is 10.1. The summed E-state index contributed by atoms with van der Waals surface area (Å²) in [7, 11) is 0.185. The van der Waals surface area contributed by atoms with Gasteiger partial charge in [-0.1, -0.05) is 25.7 Å². The molecule has 1 aliphatic carbocycles. The van der Waals surface area contributed by atoms with Crippen LogP contribution in [0.1, 0.15) is 44.6 Å². The van der Waals surface area contributed by atoms with Gasteiger partial charge in [0.05, 0.1) is 6.04 Å². The number of aromatic nitrogens is 2. The molecule has 1 heterocycles. The van der Waals surface area contributed by atoms with E-state index in [4.69, 9.17) is 5.73 Å². The molecular formula is C13H24N4O2S. The van der Waals surface area contributed by atoms with Crippen LogP contribution in [0, 0.1) is 0 Å². The van der Waals surface area contributed by atoms with Crippen LogP contribution in [0.4, 0.5) is 11.6 Å². The molecule has 20 heavy (non-hydrogen) atoms. The maximum atomic E-state index is 12.0. The molecule has 0 aromatic carbocycles. The third kappa shape index (κ3) is 2.92. The number of nitrogens with zero attached hydrogens (tertiary/aromatic N) is 3. The molecule has 1 fully saturated rings. The van der Waals surface area contributed by atoms with Gasteiger partial charge < -0.3 is 10.6 Å². The van der Waals surface area contributed by atoms with E-state index in [0.717, 1.165) is 25.7 Å². The first-order valence-corrected chi connectivity index (χ1v) is 8.97. The first-order chi connectivity index (χ1) is 9.32. The maximum Gasteiger partial charge on any atom is 0.182 e. The summed E-state index contributed by atoms with van der Waals surface area (Å²) in [6, 6.07) is 0.215. The van der Waals surface area contributed by atoms with E-state index in [2.05, 4.69) is 5.10 Å². The van der Waals surface area contributed by atoms with Crippen molar-refractivity contribution < 1.29 is 8.42 Å². The number of hydrogen-bond acceptors (Lipinski definition) is 5. The third-order valence-electron chi connectivity index (χ3n) is 3.85. The van der Waals surface area contributed by atoms with Crippen molar-refractivity contribution in [3.8, 4) is 0 Å². The molecule has 0 spiro atoms. The summed E-state index contributed by atoms with van der Waals surface area (Å²) >= 11 is 0. The van der Waals surface area contributed by atoms with Crippen molar-refractivity contribution >= 4 is 21.5 Å². The van der Waals surface area contributed by atoms with Crippen molar-refractivity contribution in [2.75, 3.05) is 31.0 Å². The fraction of sp³-hybridized carbons (Fsp3) is 0.769. The first-order valence-electron chi connectivity index (χ1n) is 7.07. The summed E-state index contributed by atoms with van der Waals surface area (Å²) in [6.07, 6.45) is 7.98. The molecular weight excluding hydrogens is 276 g/mol. The van der Waals surface area contributed by atoms with Crippen LogP contribution in [-0.2, 0) is 9.84 Å². The Balaban J connectivity index is 2.49. The van der Waals surface area contributed by atoms with E-state index in [1.807, 2.05) is 0 Å². The smallest absolute Gasteiger partial charge is 0.182 e. The highest BCUT2D eigenvalue weighted by Gasteiger charge is 2.28.